The molecular formula is C14H19ClN2O4. The van der Waals surface area contributed by atoms with Gasteiger partial charge in [0, 0.05) is 31.6 Å². The van der Waals surface area contributed by atoms with Crippen LogP contribution in [0.1, 0.15) is 13.3 Å². The van der Waals surface area contributed by atoms with Crippen molar-refractivity contribution in [3.63, 3.8) is 0 Å². The van der Waals surface area contributed by atoms with Gasteiger partial charge in [-0.3, -0.25) is 9.59 Å². The van der Waals surface area contributed by atoms with Crippen LogP contribution in [0.15, 0.2) is 24.3 Å². The molecule has 116 valence electrons. The summed E-state index contributed by atoms with van der Waals surface area (Å²) in [6.45, 7) is 2.04. The Morgan fingerprint density at radius 1 is 1.38 bits per heavy atom. The fourth-order valence-electron chi connectivity index (χ4n) is 2.16. The van der Waals surface area contributed by atoms with Gasteiger partial charge in [0.15, 0.2) is 0 Å². The molecule has 1 heterocycles. The number of ether oxygens (including phenoxy) is 2. The molecule has 0 bridgehead atoms. The Labute approximate surface area is 129 Å². The van der Waals surface area contributed by atoms with Gasteiger partial charge in [-0.25, -0.2) is 0 Å². The molecule has 0 radical (unpaired) electrons. The largest absolute Gasteiger partial charge is 0.489 e. The molecule has 0 aliphatic carbocycles. The van der Waals surface area contributed by atoms with Gasteiger partial charge in [-0.05, 0) is 12.1 Å². The summed E-state index contributed by atoms with van der Waals surface area (Å²) in [4.78, 5) is 22.4. The molecule has 1 amide bonds. The van der Waals surface area contributed by atoms with E-state index in [0.717, 1.165) is 0 Å². The number of esters is 1. The number of amides is 1. The van der Waals surface area contributed by atoms with E-state index < -0.39 is 0 Å². The standard InChI is InChI=1S/C14H18N2O4.ClH/c1-9(17)16-10-4-3-5-11(6-10)20-12-7-13(15-8-12)14(18)19-2;/h3-6,12-13,15H,7-8H2,1-2H3,(H,16,17);1H/t12-,13+;/m1./s1. The van der Waals surface area contributed by atoms with Crippen molar-refractivity contribution in [2.24, 2.45) is 0 Å². The highest BCUT2D eigenvalue weighted by atomic mass is 35.5. The third kappa shape index (κ3) is 4.91. The van der Waals surface area contributed by atoms with Crippen molar-refractivity contribution in [2.45, 2.75) is 25.5 Å². The number of nitrogens with one attached hydrogen (secondary N) is 2. The molecule has 21 heavy (non-hydrogen) atoms. The number of anilines is 1. The van der Waals surface area contributed by atoms with Crippen LogP contribution >= 0.6 is 12.4 Å². The molecule has 2 atom stereocenters. The lowest BCUT2D eigenvalue weighted by molar-refractivity contribution is -0.142. The van der Waals surface area contributed by atoms with Crippen molar-refractivity contribution in [1.82, 2.24) is 5.32 Å². The monoisotopic (exact) mass is 314 g/mol. The van der Waals surface area contributed by atoms with Crippen LogP contribution in [0, 0.1) is 0 Å². The summed E-state index contributed by atoms with van der Waals surface area (Å²) in [6.07, 6.45) is 0.475. The maximum atomic E-state index is 11.4. The Morgan fingerprint density at radius 3 is 2.81 bits per heavy atom. The second kappa shape index (κ2) is 7.85. The number of rotatable bonds is 4. The third-order valence-corrected chi connectivity index (χ3v) is 3.03. The van der Waals surface area contributed by atoms with E-state index >= 15 is 0 Å². The summed E-state index contributed by atoms with van der Waals surface area (Å²) in [5.41, 5.74) is 0.686. The van der Waals surface area contributed by atoms with Crippen molar-refractivity contribution in [2.75, 3.05) is 19.0 Å². The first-order valence-electron chi connectivity index (χ1n) is 6.44. The molecule has 1 aliphatic rings. The second-order valence-corrected chi connectivity index (χ2v) is 4.67. The van der Waals surface area contributed by atoms with E-state index in [1.807, 2.05) is 6.07 Å². The van der Waals surface area contributed by atoms with Gasteiger partial charge >= 0.3 is 5.97 Å². The number of hydrogen-bond acceptors (Lipinski definition) is 5. The number of halogens is 1. The van der Waals surface area contributed by atoms with Crippen molar-refractivity contribution >= 4 is 30.0 Å². The number of methoxy groups -OCH3 is 1. The van der Waals surface area contributed by atoms with Crippen LogP contribution in [0.3, 0.4) is 0 Å². The van der Waals surface area contributed by atoms with E-state index in [2.05, 4.69) is 10.6 Å². The summed E-state index contributed by atoms with van der Waals surface area (Å²) in [5, 5.41) is 5.75. The summed E-state index contributed by atoms with van der Waals surface area (Å²) >= 11 is 0. The molecule has 6 nitrogen and oxygen atoms in total. The molecule has 1 aromatic rings. The van der Waals surface area contributed by atoms with Crippen molar-refractivity contribution < 1.29 is 19.1 Å². The zero-order valence-electron chi connectivity index (χ0n) is 11.9. The van der Waals surface area contributed by atoms with E-state index in [-0.39, 0.29) is 36.4 Å². The van der Waals surface area contributed by atoms with Crippen LogP contribution in [0.2, 0.25) is 0 Å². The Hall–Kier alpha value is -1.79. The van der Waals surface area contributed by atoms with Gasteiger partial charge in [-0.1, -0.05) is 6.07 Å². The summed E-state index contributed by atoms with van der Waals surface area (Å²) < 4.78 is 10.5. The van der Waals surface area contributed by atoms with Gasteiger partial charge in [0.2, 0.25) is 5.91 Å². The highest BCUT2D eigenvalue weighted by Crippen LogP contribution is 2.21. The van der Waals surface area contributed by atoms with Crippen LogP contribution in [0.5, 0.6) is 5.75 Å². The molecule has 1 aliphatic heterocycles. The Morgan fingerprint density at radius 2 is 2.14 bits per heavy atom. The Bertz CT molecular complexity index is 510. The lowest BCUT2D eigenvalue weighted by Gasteiger charge is -2.13. The molecule has 1 saturated heterocycles. The van der Waals surface area contributed by atoms with Gasteiger partial charge in [0.25, 0.3) is 0 Å². The van der Waals surface area contributed by atoms with Crippen molar-refractivity contribution in [3.05, 3.63) is 24.3 Å². The maximum absolute atomic E-state index is 11.4. The average molecular weight is 315 g/mol. The van der Waals surface area contributed by atoms with E-state index in [1.54, 1.807) is 18.2 Å². The Kier molecular flexibility index (Phi) is 6.45. The highest BCUT2D eigenvalue weighted by Gasteiger charge is 2.31. The summed E-state index contributed by atoms with van der Waals surface area (Å²) in [7, 11) is 1.37. The topological polar surface area (TPSA) is 76.7 Å². The molecule has 2 rings (SSSR count). The number of hydrogen-bond donors (Lipinski definition) is 2. The zero-order valence-corrected chi connectivity index (χ0v) is 12.7. The van der Waals surface area contributed by atoms with Crippen molar-refractivity contribution in [3.8, 4) is 5.75 Å². The molecular weight excluding hydrogens is 296 g/mol. The minimum absolute atomic E-state index is 0. The summed E-state index contributed by atoms with van der Waals surface area (Å²) in [6, 6.07) is 6.85. The predicted molar refractivity (Wildman–Crippen MR) is 80.8 cm³/mol. The SMILES string of the molecule is COC(=O)[C@@H]1C[C@@H](Oc2cccc(NC(C)=O)c2)CN1.Cl. The molecule has 0 unspecified atom stereocenters. The predicted octanol–water partition coefficient (Wildman–Crippen LogP) is 1.35. The molecule has 0 spiro atoms. The normalized spacial score (nSPS) is 20.3. The number of benzene rings is 1. The molecule has 1 fully saturated rings. The van der Waals surface area contributed by atoms with E-state index in [1.165, 1.54) is 14.0 Å². The van der Waals surface area contributed by atoms with Gasteiger partial charge < -0.3 is 20.1 Å². The molecule has 1 aromatic carbocycles. The first-order valence-corrected chi connectivity index (χ1v) is 6.44. The third-order valence-electron chi connectivity index (χ3n) is 3.03. The minimum atomic E-state index is -0.316. The van der Waals surface area contributed by atoms with Crippen molar-refractivity contribution in [1.29, 1.82) is 0 Å². The molecule has 2 N–H and O–H groups in total. The number of carbonyl (C=O) groups is 2. The van der Waals surface area contributed by atoms with Crippen LogP contribution in [-0.4, -0.2) is 37.7 Å². The second-order valence-electron chi connectivity index (χ2n) is 4.67. The van der Waals surface area contributed by atoms with Crippen LogP contribution in [0.4, 0.5) is 5.69 Å². The van der Waals surface area contributed by atoms with Gasteiger partial charge in [0.05, 0.1) is 7.11 Å². The minimum Gasteiger partial charge on any atom is -0.489 e. The fraction of sp³-hybridized carbons (Fsp3) is 0.429. The first-order chi connectivity index (χ1) is 9.58. The lowest BCUT2D eigenvalue weighted by atomic mass is 10.2. The molecule has 0 aromatic heterocycles. The molecule has 7 heteroatoms. The smallest absolute Gasteiger partial charge is 0.323 e. The first kappa shape index (κ1) is 17.3. The van der Waals surface area contributed by atoms with E-state index in [4.69, 9.17) is 9.47 Å². The van der Waals surface area contributed by atoms with E-state index in [0.29, 0.717) is 24.4 Å². The van der Waals surface area contributed by atoms with Crippen LogP contribution < -0.4 is 15.4 Å². The van der Waals surface area contributed by atoms with Gasteiger partial charge in [-0.2, -0.15) is 0 Å². The van der Waals surface area contributed by atoms with Gasteiger partial charge in [-0.15, -0.1) is 12.4 Å². The van der Waals surface area contributed by atoms with Gasteiger partial charge in [0.1, 0.15) is 17.9 Å². The number of carbonyl (C=O) groups excluding carboxylic acids is 2. The maximum Gasteiger partial charge on any atom is 0.323 e. The lowest BCUT2D eigenvalue weighted by Crippen LogP contribution is -2.31. The highest BCUT2D eigenvalue weighted by molar-refractivity contribution is 5.88. The zero-order chi connectivity index (χ0) is 14.5. The summed E-state index contributed by atoms with van der Waals surface area (Å²) in [5.74, 6) is 0.257. The van der Waals surface area contributed by atoms with Crippen LogP contribution in [0.25, 0.3) is 0 Å². The Balaban J connectivity index is 0.00000220. The van der Waals surface area contributed by atoms with E-state index in [9.17, 15) is 9.59 Å². The average Bonchev–Trinajstić information content (AvgIpc) is 2.86. The van der Waals surface area contributed by atoms with Crippen LogP contribution in [-0.2, 0) is 14.3 Å². The fourth-order valence-corrected chi connectivity index (χ4v) is 2.16. The quantitative estimate of drug-likeness (QED) is 0.820. The molecule has 0 saturated carbocycles.